The number of aryl methyl sites for hydroxylation is 1. The van der Waals surface area contributed by atoms with Crippen LogP contribution in [0.5, 0.6) is 11.5 Å². The first-order valence-corrected chi connectivity index (χ1v) is 11.6. The molecule has 2 aliphatic heterocycles. The largest absolute Gasteiger partial charge is 0.486 e. The van der Waals surface area contributed by atoms with Crippen LogP contribution in [0, 0.1) is 0 Å². The molecule has 0 fully saturated rings. The Labute approximate surface area is 196 Å². The number of carbonyl (C=O) groups is 1. The Morgan fingerprint density at radius 3 is 2.61 bits per heavy atom. The summed E-state index contributed by atoms with van der Waals surface area (Å²) in [5, 5.41) is 8.84. The smallest absolute Gasteiger partial charge is 0.226 e. The van der Waals surface area contributed by atoms with Gasteiger partial charge in [-0.25, -0.2) is 4.68 Å². The summed E-state index contributed by atoms with van der Waals surface area (Å²) in [6.07, 6.45) is 1.87. The van der Waals surface area contributed by atoms with Crippen molar-refractivity contribution in [2.24, 2.45) is 0 Å². The highest BCUT2D eigenvalue weighted by Crippen LogP contribution is 2.45. The van der Waals surface area contributed by atoms with E-state index in [9.17, 15) is 4.79 Å². The molecule has 0 saturated carbocycles. The molecule has 3 aliphatic rings. The van der Waals surface area contributed by atoms with E-state index < -0.39 is 0 Å². The molecule has 0 saturated heterocycles. The van der Waals surface area contributed by atoms with Crippen molar-refractivity contribution >= 4 is 23.3 Å². The number of halogens is 1. The van der Waals surface area contributed by atoms with Crippen molar-refractivity contribution in [1.29, 1.82) is 0 Å². The molecule has 1 aromatic heterocycles. The molecule has 168 valence electrons. The number of nitrogens with zero attached hydrogens (tertiary/aromatic N) is 3. The summed E-state index contributed by atoms with van der Waals surface area (Å²) in [5.74, 6) is 3.01. The summed E-state index contributed by atoms with van der Waals surface area (Å²) >= 11 is 6.07. The first-order chi connectivity index (χ1) is 16.1. The van der Waals surface area contributed by atoms with Gasteiger partial charge in [-0.05, 0) is 47.7 Å². The summed E-state index contributed by atoms with van der Waals surface area (Å²) in [6.45, 7) is 3.06. The highest BCUT2D eigenvalue weighted by atomic mass is 35.5. The zero-order chi connectivity index (χ0) is 22.5. The molecule has 0 spiro atoms. The molecule has 2 atom stereocenters. The SMILES string of the molecule is CCc1nc2n(n1)C(c1ccc3c(c1)OCCO3)C1=C(CC(c3ccc(Cl)cc3)CC1=O)N2. The van der Waals surface area contributed by atoms with E-state index in [1.807, 2.05) is 54.1 Å². The fourth-order valence-electron chi connectivity index (χ4n) is 4.91. The van der Waals surface area contributed by atoms with Gasteiger partial charge in [0.2, 0.25) is 5.95 Å². The van der Waals surface area contributed by atoms with Gasteiger partial charge in [-0.2, -0.15) is 10.1 Å². The zero-order valence-electron chi connectivity index (χ0n) is 18.2. The molecule has 0 bridgehead atoms. The van der Waals surface area contributed by atoms with Crippen LogP contribution in [0.4, 0.5) is 5.95 Å². The molecule has 0 radical (unpaired) electrons. The molecule has 8 heteroatoms. The number of rotatable bonds is 3. The number of ketones is 1. The lowest BCUT2D eigenvalue weighted by molar-refractivity contribution is -0.116. The molecule has 3 aromatic rings. The third-order valence-corrected chi connectivity index (χ3v) is 6.76. The number of hydrogen-bond donors (Lipinski definition) is 1. The van der Waals surface area contributed by atoms with Crippen molar-refractivity contribution in [2.75, 3.05) is 18.5 Å². The third-order valence-electron chi connectivity index (χ3n) is 6.50. The van der Waals surface area contributed by atoms with Crippen molar-refractivity contribution in [1.82, 2.24) is 14.8 Å². The van der Waals surface area contributed by atoms with Gasteiger partial charge in [0.05, 0.1) is 0 Å². The molecule has 33 heavy (non-hydrogen) atoms. The lowest BCUT2D eigenvalue weighted by Crippen LogP contribution is -2.33. The average Bonchev–Trinajstić information content (AvgIpc) is 3.25. The first-order valence-electron chi connectivity index (χ1n) is 11.2. The fourth-order valence-corrected chi connectivity index (χ4v) is 5.04. The van der Waals surface area contributed by atoms with Crippen molar-refractivity contribution in [3.63, 3.8) is 0 Å². The Bertz CT molecular complexity index is 1280. The number of fused-ring (bicyclic) bond motifs is 2. The molecule has 3 heterocycles. The van der Waals surface area contributed by atoms with Crippen LogP contribution in [0.15, 0.2) is 53.7 Å². The van der Waals surface area contributed by atoms with Gasteiger partial charge >= 0.3 is 0 Å². The summed E-state index contributed by atoms with van der Waals surface area (Å²) in [4.78, 5) is 18.3. The Kier molecular flexibility index (Phi) is 4.87. The van der Waals surface area contributed by atoms with E-state index in [1.165, 1.54) is 0 Å². The summed E-state index contributed by atoms with van der Waals surface area (Å²) in [5.41, 5.74) is 3.70. The normalized spacial score (nSPS) is 21.3. The number of benzene rings is 2. The molecule has 0 amide bonds. The Morgan fingerprint density at radius 2 is 1.82 bits per heavy atom. The van der Waals surface area contributed by atoms with Crippen molar-refractivity contribution in [3.8, 4) is 11.5 Å². The lowest BCUT2D eigenvalue weighted by Gasteiger charge is -2.35. The highest BCUT2D eigenvalue weighted by Gasteiger charge is 2.40. The van der Waals surface area contributed by atoms with Crippen LogP contribution in [0.2, 0.25) is 5.02 Å². The van der Waals surface area contributed by atoms with E-state index in [0.717, 1.165) is 40.4 Å². The first kappa shape index (κ1) is 20.3. The second-order valence-electron chi connectivity index (χ2n) is 8.55. The van der Waals surface area contributed by atoms with E-state index in [-0.39, 0.29) is 17.7 Å². The van der Waals surface area contributed by atoms with E-state index in [2.05, 4.69) is 10.3 Å². The van der Waals surface area contributed by atoms with Gasteiger partial charge in [0.15, 0.2) is 23.1 Å². The van der Waals surface area contributed by atoms with Gasteiger partial charge in [-0.3, -0.25) is 4.79 Å². The molecular weight excluding hydrogens is 440 g/mol. The number of ether oxygens (including phenoxy) is 2. The summed E-state index contributed by atoms with van der Waals surface area (Å²) in [7, 11) is 0. The number of anilines is 1. The highest BCUT2D eigenvalue weighted by molar-refractivity contribution is 6.30. The van der Waals surface area contributed by atoms with Gasteiger partial charge in [0.25, 0.3) is 0 Å². The van der Waals surface area contributed by atoms with Crippen molar-refractivity contribution in [2.45, 2.75) is 38.1 Å². The van der Waals surface area contributed by atoms with E-state index >= 15 is 0 Å². The second kappa shape index (κ2) is 7.92. The van der Waals surface area contributed by atoms with Crippen molar-refractivity contribution < 1.29 is 14.3 Å². The monoisotopic (exact) mass is 462 g/mol. The third kappa shape index (κ3) is 3.47. The van der Waals surface area contributed by atoms with Crippen LogP contribution in [0.25, 0.3) is 0 Å². The predicted octanol–water partition coefficient (Wildman–Crippen LogP) is 4.68. The number of allylic oxidation sites excluding steroid dienone is 2. The zero-order valence-corrected chi connectivity index (χ0v) is 18.9. The molecule has 6 rings (SSSR count). The predicted molar refractivity (Wildman–Crippen MR) is 124 cm³/mol. The Hall–Kier alpha value is -3.32. The fraction of sp³-hybridized carbons (Fsp3) is 0.320. The van der Waals surface area contributed by atoms with E-state index in [0.29, 0.717) is 42.8 Å². The maximum atomic E-state index is 13.6. The van der Waals surface area contributed by atoms with Crippen molar-refractivity contribution in [3.05, 3.63) is 75.7 Å². The van der Waals surface area contributed by atoms with Crippen LogP contribution in [-0.2, 0) is 11.2 Å². The summed E-state index contributed by atoms with van der Waals surface area (Å²) < 4.78 is 13.4. The maximum absolute atomic E-state index is 13.6. The molecule has 2 aromatic carbocycles. The number of carbonyl (C=O) groups excluding carboxylic acids is 1. The number of nitrogens with one attached hydrogen (secondary N) is 1. The molecule has 1 aliphatic carbocycles. The minimum Gasteiger partial charge on any atom is -0.486 e. The quantitative estimate of drug-likeness (QED) is 0.608. The van der Waals surface area contributed by atoms with Crippen LogP contribution in [-0.4, -0.2) is 33.8 Å². The molecule has 1 N–H and O–H groups in total. The lowest BCUT2D eigenvalue weighted by atomic mass is 9.78. The van der Waals surface area contributed by atoms with Gasteiger partial charge in [0.1, 0.15) is 19.3 Å². The summed E-state index contributed by atoms with van der Waals surface area (Å²) in [6, 6.07) is 13.3. The van der Waals surface area contributed by atoms with Crippen LogP contribution >= 0.6 is 11.6 Å². The molecular formula is C25H23ClN4O3. The average molecular weight is 463 g/mol. The number of aromatic nitrogens is 3. The van der Waals surface area contributed by atoms with Gasteiger partial charge in [-0.1, -0.05) is 36.7 Å². The van der Waals surface area contributed by atoms with Gasteiger partial charge in [-0.15, -0.1) is 0 Å². The van der Waals surface area contributed by atoms with E-state index in [4.69, 9.17) is 26.2 Å². The van der Waals surface area contributed by atoms with Crippen LogP contribution in [0.3, 0.4) is 0 Å². The minimum absolute atomic E-state index is 0.0852. The van der Waals surface area contributed by atoms with E-state index in [1.54, 1.807) is 0 Å². The molecule has 2 unspecified atom stereocenters. The second-order valence-corrected chi connectivity index (χ2v) is 8.99. The maximum Gasteiger partial charge on any atom is 0.226 e. The molecule has 7 nitrogen and oxygen atoms in total. The van der Waals surface area contributed by atoms with Crippen LogP contribution < -0.4 is 14.8 Å². The standard InChI is InChI=1S/C25H23ClN4O3/c1-2-22-28-25-27-18-11-16(14-3-6-17(26)7-4-14)12-19(31)23(18)24(30(25)29-22)15-5-8-20-21(13-15)33-10-9-32-20/h3-8,13,16,24H,2,9-12H2,1H3,(H,27,28,29). The van der Waals surface area contributed by atoms with Crippen LogP contribution in [0.1, 0.15) is 48.7 Å². The minimum atomic E-state index is -0.362. The number of hydrogen-bond acceptors (Lipinski definition) is 6. The topological polar surface area (TPSA) is 78.3 Å². The number of Topliss-reactive ketones (excluding diaryl/α,β-unsaturated/α-hetero) is 1. The van der Waals surface area contributed by atoms with Gasteiger partial charge < -0.3 is 14.8 Å². The Balaban J connectivity index is 1.45. The Morgan fingerprint density at radius 1 is 1.06 bits per heavy atom. The van der Waals surface area contributed by atoms with Gasteiger partial charge in [0, 0.05) is 29.1 Å².